The number of methoxy groups -OCH3 is 3. The van der Waals surface area contributed by atoms with Gasteiger partial charge < -0.3 is 24.3 Å². The van der Waals surface area contributed by atoms with Crippen molar-refractivity contribution in [1.29, 1.82) is 0 Å². The van der Waals surface area contributed by atoms with Crippen LogP contribution >= 0.6 is 0 Å². The molecule has 31 heavy (non-hydrogen) atoms. The summed E-state index contributed by atoms with van der Waals surface area (Å²) in [5, 5.41) is 6.42. The largest absolute Gasteiger partial charge is 0.493 e. The van der Waals surface area contributed by atoms with Crippen molar-refractivity contribution in [1.82, 2.24) is 10.7 Å². The Hall–Kier alpha value is -3.75. The Labute approximate surface area is 181 Å². The summed E-state index contributed by atoms with van der Waals surface area (Å²) in [6.45, 7) is 3.61. The minimum atomic E-state index is -0.475. The van der Waals surface area contributed by atoms with Crippen molar-refractivity contribution in [3.63, 3.8) is 0 Å². The first-order valence-electron chi connectivity index (χ1n) is 9.54. The second-order valence-corrected chi connectivity index (χ2v) is 6.62. The maximum atomic E-state index is 12.2. The van der Waals surface area contributed by atoms with Gasteiger partial charge in [0.15, 0.2) is 23.0 Å². The number of carbonyl (C=O) groups excluding carboxylic acids is 2. The van der Waals surface area contributed by atoms with Gasteiger partial charge in [-0.15, -0.1) is 0 Å². The third-order valence-electron chi connectivity index (χ3n) is 4.01. The zero-order valence-electron chi connectivity index (χ0n) is 18.2. The van der Waals surface area contributed by atoms with Crippen LogP contribution in [0.4, 0.5) is 0 Å². The average Bonchev–Trinajstić information content (AvgIpc) is 2.77. The molecule has 2 aromatic carbocycles. The molecular weight excluding hydrogens is 402 g/mol. The van der Waals surface area contributed by atoms with Gasteiger partial charge in [0.2, 0.25) is 0 Å². The van der Waals surface area contributed by atoms with E-state index in [4.69, 9.17) is 18.9 Å². The molecule has 0 aliphatic rings. The first kappa shape index (κ1) is 23.5. The van der Waals surface area contributed by atoms with Gasteiger partial charge in [-0.2, -0.15) is 5.10 Å². The molecule has 0 aromatic heterocycles. The van der Waals surface area contributed by atoms with Crippen molar-refractivity contribution in [2.75, 3.05) is 27.9 Å². The summed E-state index contributed by atoms with van der Waals surface area (Å²) in [6, 6.07) is 10.0. The summed E-state index contributed by atoms with van der Waals surface area (Å²) in [5.74, 6) is 1.21. The summed E-state index contributed by atoms with van der Waals surface area (Å²) in [6.07, 6.45) is 1.48. The molecule has 2 aromatic rings. The van der Waals surface area contributed by atoms with Crippen molar-refractivity contribution >= 4 is 18.0 Å². The Morgan fingerprint density at radius 2 is 1.58 bits per heavy atom. The first-order valence-corrected chi connectivity index (χ1v) is 9.54. The molecule has 0 unspecified atom stereocenters. The van der Waals surface area contributed by atoms with E-state index in [1.165, 1.54) is 26.5 Å². The predicted molar refractivity (Wildman–Crippen MR) is 116 cm³/mol. The van der Waals surface area contributed by atoms with Crippen LogP contribution in [0.1, 0.15) is 29.8 Å². The van der Waals surface area contributed by atoms with Crippen LogP contribution in [0, 0.1) is 0 Å². The quantitative estimate of drug-likeness (QED) is 0.444. The molecule has 0 spiro atoms. The molecule has 2 rings (SSSR count). The van der Waals surface area contributed by atoms with E-state index in [9.17, 15) is 9.59 Å². The molecular formula is C22H27N3O6. The molecule has 9 nitrogen and oxygen atoms in total. The molecule has 0 aliphatic carbocycles. The smallest absolute Gasteiger partial charge is 0.259 e. The van der Waals surface area contributed by atoms with Crippen LogP contribution in [0.5, 0.6) is 23.0 Å². The van der Waals surface area contributed by atoms with Crippen molar-refractivity contribution in [3.05, 3.63) is 47.5 Å². The monoisotopic (exact) mass is 429 g/mol. The fraction of sp³-hybridized carbons (Fsp3) is 0.318. The molecule has 0 atom stereocenters. The number of rotatable bonds is 10. The molecule has 0 heterocycles. The van der Waals surface area contributed by atoms with Crippen molar-refractivity contribution in [2.45, 2.75) is 20.0 Å². The van der Waals surface area contributed by atoms with Gasteiger partial charge in [-0.25, -0.2) is 5.43 Å². The number of hydrogen-bond donors (Lipinski definition) is 2. The molecule has 0 saturated carbocycles. The normalized spacial score (nSPS) is 10.6. The van der Waals surface area contributed by atoms with E-state index in [0.717, 1.165) is 0 Å². The fourth-order valence-electron chi connectivity index (χ4n) is 2.57. The molecule has 0 fully saturated rings. The SMILES string of the molecule is COc1ccc(C(=O)NCC(=O)NN=Cc2ccc(OC(C)C)c(OC)c2)cc1OC. The molecule has 0 bridgehead atoms. The molecule has 0 aliphatic heterocycles. The van der Waals surface area contributed by atoms with Crippen LogP contribution in [0.2, 0.25) is 0 Å². The lowest BCUT2D eigenvalue weighted by atomic mass is 10.2. The first-order chi connectivity index (χ1) is 14.9. The van der Waals surface area contributed by atoms with Gasteiger partial charge in [-0.3, -0.25) is 9.59 Å². The van der Waals surface area contributed by atoms with E-state index >= 15 is 0 Å². The average molecular weight is 429 g/mol. The number of carbonyl (C=O) groups is 2. The lowest BCUT2D eigenvalue weighted by Gasteiger charge is -2.13. The number of nitrogens with one attached hydrogen (secondary N) is 2. The Balaban J connectivity index is 1.89. The van der Waals surface area contributed by atoms with Gasteiger partial charge in [0, 0.05) is 5.56 Å². The highest BCUT2D eigenvalue weighted by Gasteiger charge is 2.12. The van der Waals surface area contributed by atoms with Crippen molar-refractivity contribution in [3.8, 4) is 23.0 Å². The second-order valence-electron chi connectivity index (χ2n) is 6.62. The Bertz CT molecular complexity index is 943. The van der Waals surface area contributed by atoms with Crippen LogP contribution < -0.4 is 29.7 Å². The van der Waals surface area contributed by atoms with Gasteiger partial charge in [0.25, 0.3) is 11.8 Å². The molecule has 2 amide bonds. The molecule has 166 valence electrons. The summed E-state index contributed by atoms with van der Waals surface area (Å²) in [5.41, 5.74) is 3.41. The lowest BCUT2D eigenvalue weighted by Crippen LogP contribution is -2.34. The summed E-state index contributed by atoms with van der Waals surface area (Å²) in [7, 11) is 4.53. The maximum Gasteiger partial charge on any atom is 0.259 e. The molecule has 2 N–H and O–H groups in total. The minimum absolute atomic E-state index is 0.0157. The number of benzene rings is 2. The number of nitrogens with zero attached hydrogens (tertiary/aromatic N) is 1. The zero-order valence-corrected chi connectivity index (χ0v) is 18.2. The number of ether oxygens (including phenoxy) is 4. The van der Waals surface area contributed by atoms with E-state index in [-0.39, 0.29) is 12.6 Å². The third kappa shape index (κ3) is 6.91. The van der Waals surface area contributed by atoms with Crippen LogP contribution in [-0.4, -0.2) is 52.0 Å². The standard InChI is InChI=1S/C22H27N3O6/c1-14(2)31-18-8-6-15(10-19(18)29-4)12-24-25-21(26)13-23-22(27)16-7-9-17(28-3)20(11-16)30-5/h6-12,14H,13H2,1-5H3,(H,23,27)(H,25,26). The molecule has 0 radical (unpaired) electrons. The number of amides is 2. The second kappa shape index (κ2) is 11.4. The van der Waals surface area contributed by atoms with E-state index < -0.39 is 11.8 Å². The van der Waals surface area contributed by atoms with Crippen molar-refractivity contribution < 1.29 is 28.5 Å². The Morgan fingerprint density at radius 1 is 0.935 bits per heavy atom. The maximum absolute atomic E-state index is 12.2. The summed E-state index contributed by atoms with van der Waals surface area (Å²) >= 11 is 0. The number of hydrazone groups is 1. The lowest BCUT2D eigenvalue weighted by molar-refractivity contribution is -0.120. The highest BCUT2D eigenvalue weighted by atomic mass is 16.5. The zero-order chi connectivity index (χ0) is 22.8. The highest BCUT2D eigenvalue weighted by molar-refractivity contribution is 5.97. The van der Waals surface area contributed by atoms with Crippen molar-refractivity contribution in [2.24, 2.45) is 5.10 Å². The summed E-state index contributed by atoms with van der Waals surface area (Å²) in [4.78, 5) is 24.2. The topological polar surface area (TPSA) is 107 Å². The van der Waals surface area contributed by atoms with E-state index in [1.807, 2.05) is 13.8 Å². The predicted octanol–water partition coefficient (Wildman–Crippen LogP) is 2.38. The Morgan fingerprint density at radius 3 is 2.23 bits per heavy atom. The highest BCUT2D eigenvalue weighted by Crippen LogP contribution is 2.28. The van der Waals surface area contributed by atoms with Gasteiger partial charge in [-0.1, -0.05) is 0 Å². The summed E-state index contributed by atoms with van der Waals surface area (Å²) < 4.78 is 21.3. The van der Waals surface area contributed by atoms with Crippen LogP contribution in [0.15, 0.2) is 41.5 Å². The third-order valence-corrected chi connectivity index (χ3v) is 4.01. The van der Waals surface area contributed by atoms with Gasteiger partial charge in [0.05, 0.1) is 40.2 Å². The van der Waals surface area contributed by atoms with Gasteiger partial charge in [-0.05, 0) is 55.8 Å². The molecule has 0 saturated heterocycles. The van der Waals surface area contributed by atoms with E-state index in [1.54, 1.807) is 37.4 Å². The number of hydrogen-bond acceptors (Lipinski definition) is 7. The Kier molecular flexibility index (Phi) is 8.68. The van der Waals surface area contributed by atoms with Crippen LogP contribution in [0.25, 0.3) is 0 Å². The van der Waals surface area contributed by atoms with E-state index in [0.29, 0.717) is 34.1 Å². The minimum Gasteiger partial charge on any atom is -0.493 e. The van der Waals surface area contributed by atoms with Gasteiger partial charge in [0.1, 0.15) is 0 Å². The van der Waals surface area contributed by atoms with Crippen LogP contribution in [-0.2, 0) is 4.79 Å². The molecule has 9 heteroatoms. The fourth-order valence-corrected chi connectivity index (χ4v) is 2.57. The van der Waals surface area contributed by atoms with Crippen LogP contribution in [0.3, 0.4) is 0 Å². The van der Waals surface area contributed by atoms with Gasteiger partial charge >= 0.3 is 0 Å². The van der Waals surface area contributed by atoms with E-state index in [2.05, 4.69) is 15.8 Å².